The van der Waals surface area contributed by atoms with E-state index in [1.54, 1.807) is 7.05 Å². The zero-order valence-corrected chi connectivity index (χ0v) is 19.8. The summed E-state index contributed by atoms with van der Waals surface area (Å²) in [6, 6.07) is 8.59. The first-order valence-electron chi connectivity index (χ1n) is 9.84. The SMILES string of the molecule is CN=C(NCCCOC1CCCc2ccccc21)NCC(=O)NC(C)(C)C.I. The maximum atomic E-state index is 11.9. The summed E-state index contributed by atoms with van der Waals surface area (Å²) in [5.41, 5.74) is 2.54. The lowest BCUT2D eigenvalue weighted by molar-refractivity contribution is -0.121. The molecule has 0 fully saturated rings. The molecule has 6 nitrogen and oxygen atoms in total. The second kappa shape index (κ2) is 12.3. The monoisotopic (exact) mass is 502 g/mol. The summed E-state index contributed by atoms with van der Waals surface area (Å²) in [5.74, 6) is 0.576. The van der Waals surface area contributed by atoms with E-state index in [0.717, 1.165) is 25.8 Å². The van der Waals surface area contributed by atoms with Gasteiger partial charge in [0.15, 0.2) is 5.96 Å². The number of ether oxygens (including phenoxy) is 1. The molecular formula is C21H35IN4O2. The van der Waals surface area contributed by atoms with Crippen LogP contribution in [0.1, 0.15) is 57.3 Å². The minimum atomic E-state index is -0.231. The highest BCUT2D eigenvalue weighted by atomic mass is 127. The molecular weight excluding hydrogens is 467 g/mol. The first-order chi connectivity index (χ1) is 12.9. The molecule has 1 aromatic carbocycles. The molecule has 0 aliphatic heterocycles. The highest BCUT2D eigenvalue weighted by molar-refractivity contribution is 14.0. The lowest BCUT2D eigenvalue weighted by Crippen LogP contribution is -2.48. The Morgan fingerprint density at radius 3 is 2.71 bits per heavy atom. The summed E-state index contributed by atoms with van der Waals surface area (Å²) in [6.07, 6.45) is 4.54. The van der Waals surface area contributed by atoms with E-state index >= 15 is 0 Å². The number of rotatable bonds is 7. The smallest absolute Gasteiger partial charge is 0.239 e. The first kappa shape index (κ1) is 24.7. The van der Waals surface area contributed by atoms with Crippen LogP contribution in [0, 0.1) is 0 Å². The number of carbonyl (C=O) groups is 1. The average molecular weight is 502 g/mol. The van der Waals surface area contributed by atoms with Gasteiger partial charge in [-0.1, -0.05) is 24.3 Å². The second-order valence-corrected chi connectivity index (χ2v) is 7.95. The fourth-order valence-electron chi connectivity index (χ4n) is 3.23. The molecule has 1 atom stereocenters. The van der Waals surface area contributed by atoms with Crippen LogP contribution in [-0.4, -0.2) is 44.1 Å². The van der Waals surface area contributed by atoms with E-state index in [0.29, 0.717) is 12.6 Å². The molecule has 0 radical (unpaired) electrons. The Bertz CT molecular complexity index is 644. The lowest BCUT2D eigenvalue weighted by atomic mass is 9.89. The topological polar surface area (TPSA) is 74.8 Å². The fourth-order valence-corrected chi connectivity index (χ4v) is 3.23. The van der Waals surface area contributed by atoms with Crippen molar-refractivity contribution in [3.63, 3.8) is 0 Å². The Morgan fingerprint density at radius 1 is 1.25 bits per heavy atom. The predicted octanol–water partition coefficient (Wildman–Crippen LogP) is 3.17. The van der Waals surface area contributed by atoms with Gasteiger partial charge in [0.25, 0.3) is 0 Å². The van der Waals surface area contributed by atoms with Crippen molar-refractivity contribution in [3.05, 3.63) is 35.4 Å². The molecule has 1 aromatic rings. The Morgan fingerprint density at radius 2 is 2.00 bits per heavy atom. The van der Waals surface area contributed by atoms with Gasteiger partial charge in [0.2, 0.25) is 5.91 Å². The summed E-state index contributed by atoms with van der Waals surface area (Å²) in [5, 5.41) is 9.17. The van der Waals surface area contributed by atoms with Crippen LogP contribution in [0.4, 0.5) is 0 Å². The Balaban J connectivity index is 0.00000392. The number of halogens is 1. The van der Waals surface area contributed by atoms with E-state index in [4.69, 9.17) is 4.74 Å². The molecule has 2 rings (SSSR count). The number of nitrogens with zero attached hydrogens (tertiary/aromatic N) is 1. The molecule has 0 bridgehead atoms. The minimum absolute atomic E-state index is 0. The second-order valence-electron chi connectivity index (χ2n) is 7.95. The third kappa shape index (κ3) is 8.77. The molecule has 1 aliphatic carbocycles. The number of hydrogen-bond acceptors (Lipinski definition) is 3. The lowest BCUT2D eigenvalue weighted by Gasteiger charge is -2.25. The first-order valence-corrected chi connectivity index (χ1v) is 9.84. The summed E-state index contributed by atoms with van der Waals surface area (Å²) in [6.45, 7) is 7.53. The predicted molar refractivity (Wildman–Crippen MR) is 125 cm³/mol. The van der Waals surface area contributed by atoms with E-state index in [1.807, 2.05) is 20.8 Å². The molecule has 28 heavy (non-hydrogen) atoms. The van der Waals surface area contributed by atoms with Gasteiger partial charge >= 0.3 is 0 Å². The number of amides is 1. The normalized spacial score (nSPS) is 16.6. The van der Waals surface area contributed by atoms with Crippen molar-refractivity contribution >= 4 is 35.8 Å². The zero-order valence-electron chi connectivity index (χ0n) is 17.5. The number of aliphatic imine (C=N–C) groups is 1. The van der Waals surface area contributed by atoms with Gasteiger partial charge in [0, 0.05) is 25.7 Å². The molecule has 1 aliphatic rings. The third-order valence-corrected chi connectivity index (χ3v) is 4.40. The highest BCUT2D eigenvalue weighted by Gasteiger charge is 2.19. The standard InChI is InChI=1S/C21H34N4O2.HI/c1-21(2,3)25-19(26)15-24-20(22-4)23-13-8-14-27-18-12-7-10-16-9-5-6-11-17(16)18;/h5-6,9,11,18H,7-8,10,12-15H2,1-4H3,(H,25,26)(H2,22,23,24);1H. The van der Waals surface area contributed by atoms with Crippen molar-refractivity contribution in [1.82, 2.24) is 16.0 Å². The maximum absolute atomic E-state index is 11.9. The molecule has 0 saturated heterocycles. The van der Waals surface area contributed by atoms with Gasteiger partial charge in [-0.3, -0.25) is 9.79 Å². The van der Waals surface area contributed by atoms with Crippen molar-refractivity contribution in [1.29, 1.82) is 0 Å². The number of carbonyl (C=O) groups excluding carboxylic acids is 1. The van der Waals surface area contributed by atoms with E-state index in [1.165, 1.54) is 17.5 Å². The van der Waals surface area contributed by atoms with Crippen LogP contribution in [-0.2, 0) is 16.0 Å². The van der Waals surface area contributed by atoms with Gasteiger partial charge in [0.1, 0.15) is 0 Å². The molecule has 3 N–H and O–H groups in total. The Kier molecular flexibility index (Phi) is 10.8. The van der Waals surface area contributed by atoms with Crippen LogP contribution >= 0.6 is 24.0 Å². The molecule has 0 spiro atoms. The molecule has 0 saturated carbocycles. The van der Waals surface area contributed by atoms with Crippen LogP contribution in [0.25, 0.3) is 0 Å². The van der Waals surface area contributed by atoms with Gasteiger partial charge in [0.05, 0.1) is 12.6 Å². The summed E-state index contributed by atoms with van der Waals surface area (Å²) in [4.78, 5) is 16.0. The van der Waals surface area contributed by atoms with Crippen LogP contribution in [0.15, 0.2) is 29.3 Å². The van der Waals surface area contributed by atoms with Crippen molar-refractivity contribution in [2.45, 2.75) is 58.1 Å². The summed E-state index contributed by atoms with van der Waals surface area (Å²) < 4.78 is 6.11. The van der Waals surface area contributed by atoms with Gasteiger partial charge in [-0.25, -0.2) is 0 Å². The molecule has 0 heterocycles. The van der Waals surface area contributed by atoms with Crippen LogP contribution in [0.2, 0.25) is 0 Å². The molecule has 1 amide bonds. The van der Waals surface area contributed by atoms with Crippen LogP contribution < -0.4 is 16.0 Å². The van der Waals surface area contributed by atoms with Crippen molar-refractivity contribution in [2.75, 3.05) is 26.7 Å². The van der Waals surface area contributed by atoms with E-state index < -0.39 is 0 Å². The molecule has 0 aromatic heterocycles. The van der Waals surface area contributed by atoms with Gasteiger partial charge < -0.3 is 20.7 Å². The number of guanidine groups is 1. The Hall–Kier alpha value is -1.35. The number of fused-ring (bicyclic) bond motifs is 1. The Labute approximate surface area is 186 Å². The van der Waals surface area contributed by atoms with E-state index in [9.17, 15) is 4.79 Å². The average Bonchev–Trinajstić information content (AvgIpc) is 2.62. The maximum Gasteiger partial charge on any atom is 0.239 e. The molecule has 7 heteroatoms. The molecule has 158 valence electrons. The van der Waals surface area contributed by atoms with Gasteiger partial charge in [-0.2, -0.15) is 0 Å². The van der Waals surface area contributed by atoms with Gasteiger partial charge in [-0.05, 0) is 57.6 Å². The zero-order chi connectivity index (χ0) is 19.7. The number of nitrogens with one attached hydrogen (secondary N) is 3. The fraction of sp³-hybridized carbons (Fsp3) is 0.619. The van der Waals surface area contributed by atoms with Crippen molar-refractivity contribution < 1.29 is 9.53 Å². The van der Waals surface area contributed by atoms with E-state index in [-0.39, 0.29) is 48.1 Å². The molecule has 1 unspecified atom stereocenters. The van der Waals surface area contributed by atoms with Gasteiger partial charge in [-0.15, -0.1) is 24.0 Å². The summed E-state index contributed by atoms with van der Waals surface area (Å²) >= 11 is 0. The number of aryl methyl sites for hydroxylation is 1. The third-order valence-electron chi connectivity index (χ3n) is 4.40. The minimum Gasteiger partial charge on any atom is -0.373 e. The highest BCUT2D eigenvalue weighted by Crippen LogP contribution is 2.32. The number of benzene rings is 1. The number of hydrogen-bond donors (Lipinski definition) is 3. The quantitative estimate of drug-likeness (QED) is 0.232. The van der Waals surface area contributed by atoms with Crippen LogP contribution in [0.5, 0.6) is 0 Å². The van der Waals surface area contributed by atoms with Crippen molar-refractivity contribution in [3.8, 4) is 0 Å². The van der Waals surface area contributed by atoms with Crippen molar-refractivity contribution in [2.24, 2.45) is 4.99 Å². The summed E-state index contributed by atoms with van der Waals surface area (Å²) in [7, 11) is 1.70. The largest absolute Gasteiger partial charge is 0.373 e. The van der Waals surface area contributed by atoms with E-state index in [2.05, 4.69) is 45.2 Å². The van der Waals surface area contributed by atoms with Crippen LogP contribution in [0.3, 0.4) is 0 Å².